The molecule has 0 N–H and O–H groups in total. The van der Waals surface area contributed by atoms with Gasteiger partial charge in [0.15, 0.2) is 0 Å². The summed E-state index contributed by atoms with van der Waals surface area (Å²) in [7, 11) is 4.08. The predicted octanol–water partition coefficient (Wildman–Crippen LogP) is 3.88. The third-order valence-electron chi connectivity index (χ3n) is 4.14. The molecule has 0 bridgehead atoms. The number of hydrogen-bond acceptors (Lipinski definition) is 6. The molecule has 152 valence electrons. The lowest BCUT2D eigenvalue weighted by Crippen LogP contribution is -2.12. The van der Waals surface area contributed by atoms with Crippen LogP contribution in [-0.2, 0) is 16.0 Å². The molecule has 0 aliphatic carbocycles. The molecule has 0 spiro atoms. The van der Waals surface area contributed by atoms with Crippen molar-refractivity contribution in [1.82, 2.24) is 4.98 Å². The van der Waals surface area contributed by atoms with Crippen molar-refractivity contribution >= 4 is 11.7 Å². The summed E-state index contributed by atoms with van der Waals surface area (Å²) in [4.78, 5) is 17.6. The molecule has 0 unspecified atom stereocenters. The molecule has 2 rings (SSSR count). The summed E-state index contributed by atoms with van der Waals surface area (Å²) < 4.78 is 16.3. The summed E-state index contributed by atoms with van der Waals surface area (Å²) in [6, 6.07) is 9.59. The predicted molar refractivity (Wildman–Crippen MR) is 110 cm³/mol. The Bertz CT molecular complexity index is 717. The Morgan fingerprint density at radius 3 is 2.25 bits per heavy atom. The van der Waals surface area contributed by atoms with E-state index in [1.54, 1.807) is 6.92 Å². The highest BCUT2D eigenvalue weighted by molar-refractivity contribution is 5.69. The number of esters is 1. The number of anilines is 1. The van der Waals surface area contributed by atoms with Gasteiger partial charge >= 0.3 is 5.97 Å². The second-order valence-corrected chi connectivity index (χ2v) is 6.58. The van der Waals surface area contributed by atoms with Gasteiger partial charge in [0.25, 0.3) is 0 Å². The van der Waals surface area contributed by atoms with Crippen LogP contribution < -0.4 is 14.4 Å². The van der Waals surface area contributed by atoms with Gasteiger partial charge in [-0.2, -0.15) is 0 Å². The fourth-order valence-electron chi connectivity index (χ4n) is 2.77. The smallest absolute Gasteiger partial charge is 0.305 e. The number of pyridine rings is 1. The Labute approximate surface area is 167 Å². The Kier molecular flexibility index (Phi) is 9.11. The van der Waals surface area contributed by atoms with Crippen LogP contribution in [0.15, 0.2) is 42.7 Å². The van der Waals surface area contributed by atoms with Crippen LogP contribution >= 0.6 is 0 Å². The first-order valence-electron chi connectivity index (χ1n) is 9.71. The van der Waals surface area contributed by atoms with E-state index in [0.717, 1.165) is 24.3 Å². The monoisotopic (exact) mass is 386 g/mol. The second kappa shape index (κ2) is 11.8. The van der Waals surface area contributed by atoms with Crippen LogP contribution in [0.1, 0.15) is 31.7 Å². The van der Waals surface area contributed by atoms with E-state index < -0.39 is 0 Å². The molecule has 0 aliphatic rings. The zero-order valence-electron chi connectivity index (χ0n) is 17.0. The zero-order chi connectivity index (χ0) is 20.2. The summed E-state index contributed by atoms with van der Waals surface area (Å²) in [6.07, 6.45) is 6.59. The third-order valence-corrected chi connectivity index (χ3v) is 4.14. The molecule has 0 aliphatic heterocycles. The number of rotatable bonds is 12. The molecule has 0 fully saturated rings. The van der Waals surface area contributed by atoms with Crippen molar-refractivity contribution < 1.29 is 19.0 Å². The minimum atomic E-state index is -0.182. The lowest BCUT2D eigenvalue weighted by atomic mass is 10.1. The van der Waals surface area contributed by atoms with Crippen molar-refractivity contribution in [2.24, 2.45) is 0 Å². The molecule has 0 saturated heterocycles. The highest BCUT2D eigenvalue weighted by Crippen LogP contribution is 2.20. The molecule has 1 heterocycles. The Morgan fingerprint density at radius 1 is 1.00 bits per heavy atom. The van der Waals surface area contributed by atoms with Gasteiger partial charge in [0.1, 0.15) is 11.5 Å². The van der Waals surface area contributed by atoms with Gasteiger partial charge in [-0.25, -0.2) is 0 Å². The van der Waals surface area contributed by atoms with E-state index in [1.165, 1.54) is 11.3 Å². The fourth-order valence-corrected chi connectivity index (χ4v) is 2.77. The summed E-state index contributed by atoms with van der Waals surface area (Å²) >= 11 is 0. The lowest BCUT2D eigenvalue weighted by Gasteiger charge is -2.16. The maximum atomic E-state index is 11.3. The van der Waals surface area contributed by atoms with Gasteiger partial charge in [0.2, 0.25) is 0 Å². The maximum Gasteiger partial charge on any atom is 0.305 e. The van der Waals surface area contributed by atoms with Crippen LogP contribution in [0.3, 0.4) is 0 Å². The van der Waals surface area contributed by atoms with Gasteiger partial charge < -0.3 is 19.1 Å². The highest BCUT2D eigenvalue weighted by Gasteiger charge is 2.05. The molecular formula is C22H30N2O4. The molecule has 1 aromatic heterocycles. The standard InChI is InChI=1S/C22H30N2O4/c1-4-26-22(25)8-6-16-28-20-11-9-19(10-12-20)27-15-5-7-18-17-23-14-13-21(18)24(2)3/h9-14,17H,4-8,15-16H2,1-3H3. The van der Waals surface area contributed by atoms with Crippen molar-refractivity contribution in [3.63, 3.8) is 0 Å². The van der Waals surface area contributed by atoms with Crippen LogP contribution in [0.25, 0.3) is 0 Å². The van der Waals surface area contributed by atoms with Crippen molar-refractivity contribution in [2.45, 2.75) is 32.6 Å². The summed E-state index contributed by atoms with van der Waals surface area (Å²) in [5, 5.41) is 0. The third kappa shape index (κ3) is 7.47. The van der Waals surface area contributed by atoms with Crippen LogP contribution in [0, 0.1) is 0 Å². The van der Waals surface area contributed by atoms with Crippen molar-refractivity contribution in [1.29, 1.82) is 0 Å². The Balaban J connectivity index is 1.67. The first-order chi connectivity index (χ1) is 13.6. The minimum Gasteiger partial charge on any atom is -0.494 e. The molecule has 6 nitrogen and oxygen atoms in total. The van der Waals surface area contributed by atoms with Crippen molar-refractivity contribution in [3.05, 3.63) is 48.3 Å². The first-order valence-corrected chi connectivity index (χ1v) is 9.71. The number of hydrogen-bond donors (Lipinski definition) is 0. The van der Waals surface area contributed by atoms with E-state index in [-0.39, 0.29) is 5.97 Å². The van der Waals surface area contributed by atoms with Crippen molar-refractivity contribution in [3.8, 4) is 11.5 Å². The van der Waals surface area contributed by atoms with E-state index in [2.05, 4.69) is 9.88 Å². The normalized spacial score (nSPS) is 10.4. The lowest BCUT2D eigenvalue weighted by molar-refractivity contribution is -0.143. The Morgan fingerprint density at radius 2 is 1.64 bits per heavy atom. The number of carbonyl (C=O) groups excluding carboxylic acids is 1. The number of aryl methyl sites for hydroxylation is 1. The zero-order valence-corrected chi connectivity index (χ0v) is 17.0. The van der Waals surface area contributed by atoms with Gasteiger partial charge in [0, 0.05) is 38.6 Å². The van der Waals surface area contributed by atoms with E-state index in [1.807, 2.05) is 56.8 Å². The fraction of sp³-hybridized carbons (Fsp3) is 0.455. The summed E-state index contributed by atoms with van der Waals surface area (Å²) in [5.41, 5.74) is 2.42. The average molecular weight is 386 g/mol. The van der Waals surface area contributed by atoms with E-state index in [9.17, 15) is 4.79 Å². The van der Waals surface area contributed by atoms with Gasteiger partial charge in [-0.1, -0.05) is 0 Å². The van der Waals surface area contributed by atoms with E-state index in [4.69, 9.17) is 14.2 Å². The molecule has 0 atom stereocenters. The largest absolute Gasteiger partial charge is 0.494 e. The number of carbonyl (C=O) groups is 1. The Hall–Kier alpha value is -2.76. The minimum absolute atomic E-state index is 0.182. The van der Waals surface area contributed by atoms with Crippen LogP contribution in [0.2, 0.25) is 0 Å². The topological polar surface area (TPSA) is 60.9 Å². The molecule has 28 heavy (non-hydrogen) atoms. The van der Waals surface area contributed by atoms with Gasteiger partial charge in [-0.3, -0.25) is 9.78 Å². The highest BCUT2D eigenvalue weighted by atomic mass is 16.5. The average Bonchev–Trinajstić information content (AvgIpc) is 2.70. The molecule has 6 heteroatoms. The van der Waals surface area contributed by atoms with Crippen molar-refractivity contribution in [2.75, 3.05) is 38.8 Å². The molecular weight excluding hydrogens is 356 g/mol. The van der Waals surface area contributed by atoms with Gasteiger partial charge in [-0.15, -0.1) is 0 Å². The maximum absolute atomic E-state index is 11.3. The summed E-state index contributed by atoms with van der Waals surface area (Å²) in [6.45, 7) is 3.35. The number of aromatic nitrogens is 1. The number of nitrogens with zero attached hydrogens (tertiary/aromatic N) is 2. The number of ether oxygens (including phenoxy) is 3. The molecule has 0 amide bonds. The van der Waals surface area contributed by atoms with Gasteiger partial charge in [-0.05, 0) is 62.1 Å². The van der Waals surface area contributed by atoms with Gasteiger partial charge in [0.05, 0.1) is 19.8 Å². The first kappa shape index (κ1) is 21.5. The second-order valence-electron chi connectivity index (χ2n) is 6.58. The molecule has 1 aromatic carbocycles. The van der Waals surface area contributed by atoms with Crippen LogP contribution in [-0.4, -0.2) is 44.9 Å². The van der Waals surface area contributed by atoms with Crippen LogP contribution in [0.4, 0.5) is 5.69 Å². The number of benzene rings is 1. The molecule has 0 saturated carbocycles. The SMILES string of the molecule is CCOC(=O)CCCOc1ccc(OCCCc2cnccc2N(C)C)cc1. The quantitative estimate of drug-likeness (QED) is 0.407. The van der Waals surface area contributed by atoms with Crippen LogP contribution in [0.5, 0.6) is 11.5 Å². The van der Waals surface area contributed by atoms with E-state index in [0.29, 0.717) is 32.7 Å². The van der Waals surface area contributed by atoms with E-state index >= 15 is 0 Å². The molecule has 0 radical (unpaired) electrons. The summed E-state index contributed by atoms with van der Waals surface area (Å²) in [5.74, 6) is 1.40. The molecule has 2 aromatic rings.